The van der Waals surface area contributed by atoms with Crippen molar-refractivity contribution in [1.29, 1.82) is 0 Å². The molecule has 4 rings (SSSR count). The van der Waals surface area contributed by atoms with E-state index in [1.807, 2.05) is 36.1 Å². The van der Waals surface area contributed by atoms with Crippen LogP contribution in [0.4, 0.5) is 17.3 Å². The lowest BCUT2D eigenvalue weighted by Gasteiger charge is -2.36. The molecule has 0 saturated carbocycles. The van der Waals surface area contributed by atoms with E-state index >= 15 is 0 Å². The summed E-state index contributed by atoms with van der Waals surface area (Å²) >= 11 is 5.93. The fraction of sp³-hybridized carbons (Fsp3) is 0.429. The molecule has 1 unspecified atom stereocenters. The Bertz CT molecular complexity index is 897. The summed E-state index contributed by atoms with van der Waals surface area (Å²) in [6.45, 7) is 5.84. The standard InChI is InChI=1S/C21H25ClN6O2/c1-2-23-18-7-8-19(25-24-18)26-9-11-27(12-10-26)21(30)15-13-20(29)28(14-15)17-5-3-16(22)4-6-17/h3-8,15H,2,9-14H2,1H3,(H,23,24). The lowest BCUT2D eigenvalue weighted by molar-refractivity contribution is -0.136. The van der Waals surface area contributed by atoms with Crippen LogP contribution < -0.4 is 15.1 Å². The van der Waals surface area contributed by atoms with Gasteiger partial charge in [0.2, 0.25) is 11.8 Å². The molecule has 0 radical (unpaired) electrons. The molecular formula is C21H25ClN6O2. The Morgan fingerprint density at radius 2 is 1.83 bits per heavy atom. The number of carbonyl (C=O) groups excluding carboxylic acids is 2. The number of hydrogen-bond acceptors (Lipinski definition) is 6. The van der Waals surface area contributed by atoms with Crippen molar-refractivity contribution in [3.8, 4) is 0 Å². The first-order valence-electron chi connectivity index (χ1n) is 10.2. The van der Waals surface area contributed by atoms with Gasteiger partial charge in [-0.25, -0.2) is 0 Å². The molecule has 0 spiro atoms. The molecule has 2 amide bonds. The number of nitrogens with one attached hydrogen (secondary N) is 1. The fourth-order valence-electron chi connectivity index (χ4n) is 3.93. The molecular weight excluding hydrogens is 404 g/mol. The minimum Gasteiger partial charge on any atom is -0.369 e. The molecule has 0 aliphatic carbocycles. The third-order valence-electron chi connectivity index (χ3n) is 5.54. The fourth-order valence-corrected chi connectivity index (χ4v) is 4.05. The number of benzene rings is 1. The summed E-state index contributed by atoms with van der Waals surface area (Å²) in [5.41, 5.74) is 0.782. The first-order valence-corrected chi connectivity index (χ1v) is 10.6. The van der Waals surface area contributed by atoms with E-state index in [0.29, 0.717) is 37.7 Å². The van der Waals surface area contributed by atoms with Crippen LogP contribution in [0.2, 0.25) is 5.02 Å². The molecule has 1 aromatic carbocycles. The van der Waals surface area contributed by atoms with Gasteiger partial charge in [-0.2, -0.15) is 0 Å². The Balaban J connectivity index is 1.33. The van der Waals surface area contributed by atoms with Crippen LogP contribution >= 0.6 is 11.6 Å². The highest BCUT2D eigenvalue weighted by Crippen LogP contribution is 2.28. The van der Waals surface area contributed by atoms with Gasteiger partial charge in [0.1, 0.15) is 5.82 Å². The Kier molecular flexibility index (Phi) is 6.03. The lowest BCUT2D eigenvalue weighted by Crippen LogP contribution is -2.51. The number of halogens is 1. The van der Waals surface area contributed by atoms with Gasteiger partial charge in [0.05, 0.1) is 5.92 Å². The second-order valence-electron chi connectivity index (χ2n) is 7.50. The van der Waals surface area contributed by atoms with Crippen molar-refractivity contribution in [1.82, 2.24) is 15.1 Å². The lowest BCUT2D eigenvalue weighted by atomic mass is 10.1. The Labute approximate surface area is 180 Å². The van der Waals surface area contributed by atoms with Crippen LogP contribution in [0.3, 0.4) is 0 Å². The molecule has 2 aromatic rings. The molecule has 2 aliphatic rings. The van der Waals surface area contributed by atoms with E-state index in [2.05, 4.69) is 20.4 Å². The van der Waals surface area contributed by atoms with Crippen molar-refractivity contribution in [2.75, 3.05) is 54.4 Å². The van der Waals surface area contributed by atoms with Crippen molar-refractivity contribution in [2.45, 2.75) is 13.3 Å². The maximum atomic E-state index is 13.0. The first kappa shape index (κ1) is 20.4. The first-order chi connectivity index (χ1) is 14.5. The van der Waals surface area contributed by atoms with Crippen LogP contribution in [-0.4, -0.2) is 66.2 Å². The van der Waals surface area contributed by atoms with Crippen LogP contribution in [0.1, 0.15) is 13.3 Å². The van der Waals surface area contributed by atoms with Crippen LogP contribution in [-0.2, 0) is 9.59 Å². The number of hydrogen-bond donors (Lipinski definition) is 1. The number of amides is 2. The van der Waals surface area contributed by atoms with Crippen molar-refractivity contribution < 1.29 is 9.59 Å². The summed E-state index contributed by atoms with van der Waals surface area (Å²) in [5, 5.41) is 12.2. The van der Waals surface area contributed by atoms with Gasteiger partial charge in [0.15, 0.2) is 5.82 Å². The predicted molar refractivity (Wildman–Crippen MR) is 117 cm³/mol. The number of anilines is 3. The highest BCUT2D eigenvalue weighted by molar-refractivity contribution is 6.30. The van der Waals surface area contributed by atoms with Crippen LogP contribution in [0.15, 0.2) is 36.4 Å². The van der Waals surface area contributed by atoms with Crippen molar-refractivity contribution in [2.24, 2.45) is 5.92 Å². The molecule has 9 heteroatoms. The third kappa shape index (κ3) is 4.33. The van der Waals surface area contributed by atoms with Gasteiger partial charge < -0.3 is 20.0 Å². The zero-order valence-corrected chi connectivity index (χ0v) is 17.7. The second-order valence-corrected chi connectivity index (χ2v) is 7.94. The molecule has 0 bridgehead atoms. The summed E-state index contributed by atoms with van der Waals surface area (Å²) in [6.07, 6.45) is 0.249. The summed E-state index contributed by atoms with van der Waals surface area (Å²) < 4.78 is 0. The van der Waals surface area contributed by atoms with E-state index in [0.717, 1.165) is 23.9 Å². The minimum atomic E-state index is -0.307. The summed E-state index contributed by atoms with van der Waals surface area (Å²) in [5.74, 6) is 1.29. The van der Waals surface area contributed by atoms with E-state index in [-0.39, 0.29) is 24.2 Å². The van der Waals surface area contributed by atoms with Gasteiger partial charge in [-0.3, -0.25) is 9.59 Å². The minimum absolute atomic E-state index is 0.0228. The molecule has 30 heavy (non-hydrogen) atoms. The molecule has 1 N–H and O–H groups in total. The van der Waals surface area contributed by atoms with Crippen LogP contribution in [0.25, 0.3) is 0 Å². The summed E-state index contributed by atoms with van der Waals surface area (Å²) in [4.78, 5) is 31.1. The summed E-state index contributed by atoms with van der Waals surface area (Å²) in [6, 6.07) is 11.0. The molecule has 8 nitrogen and oxygen atoms in total. The largest absolute Gasteiger partial charge is 0.369 e. The highest BCUT2D eigenvalue weighted by atomic mass is 35.5. The maximum absolute atomic E-state index is 13.0. The van der Waals surface area contributed by atoms with E-state index in [4.69, 9.17) is 11.6 Å². The van der Waals surface area contributed by atoms with Gasteiger partial charge in [0.25, 0.3) is 0 Å². The smallest absolute Gasteiger partial charge is 0.228 e. The normalized spacial score (nSPS) is 19.3. The molecule has 3 heterocycles. The Morgan fingerprint density at radius 3 is 2.47 bits per heavy atom. The van der Waals surface area contributed by atoms with Gasteiger partial charge >= 0.3 is 0 Å². The number of nitrogens with zero attached hydrogens (tertiary/aromatic N) is 5. The van der Waals surface area contributed by atoms with Gasteiger partial charge in [-0.1, -0.05) is 11.6 Å². The monoisotopic (exact) mass is 428 g/mol. The van der Waals surface area contributed by atoms with E-state index in [9.17, 15) is 9.59 Å². The third-order valence-corrected chi connectivity index (χ3v) is 5.79. The predicted octanol–water partition coefficient (Wildman–Crippen LogP) is 2.26. The number of carbonyl (C=O) groups is 2. The zero-order chi connectivity index (χ0) is 21.1. The van der Waals surface area contributed by atoms with Gasteiger partial charge in [-0.05, 0) is 43.3 Å². The van der Waals surface area contributed by atoms with E-state index < -0.39 is 0 Å². The van der Waals surface area contributed by atoms with Gasteiger partial charge in [-0.15, -0.1) is 10.2 Å². The number of rotatable bonds is 5. The average molecular weight is 429 g/mol. The van der Waals surface area contributed by atoms with Gasteiger partial charge in [0, 0.05) is 56.4 Å². The average Bonchev–Trinajstić information content (AvgIpc) is 3.16. The van der Waals surface area contributed by atoms with Crippen molar-refractivity contribution >= 4 is 40.7 Å². The van der Waals surface area contributed by atoms with E-state index in [1.165, 1.54) is 0 Å². The highest BCUT2D eigenvalue weighted by Gasteiger charge is 2.38. The maximum Gasteiger partial charge on any atom is 0.228 e. The number of piperazine rings is 1. The topological polar surface area (TPSA) is 81.7 Å². The van der Waals surface area contributed by atoms with Crippen LogP contribution in [0.5, 0.6) is 0 Å². The Morgan fingerprint density at radius 1 is 1.10 bits per heavy atom. The molecule has 1 atom stereocenters. The summed E-state index contributed by atoms with van der Waals surface area (Å²) in [7, 11) is 0. The van der Waals surface area contributed by atoms with Crippen molar-refractivity contribution in [3.63, 3.8) is 0 Å². The Hall–Kier alpha value is -2.87. The van der Waals surface area contributed by atoms with Crippen LogP contribution in [0, 0.1) is 5.92 Å². The zero-order valence-electron chi connectivity index (χ0n) is 16.9. The molecule has 2 aliphatic heterocycles. The molecule has 2 fully saturated rings. The quantitative estimate of drug-likeness (QED) is 0.786. The SMILES string of the molecule is CCNc1ccc(N2CCN(C(=O)C3CC(=O)N(c4ccc(Cl)cc4)C3)CC2)nn1. The molecule has 1 aromatic heterocycles. The number of aromatic nitrogens is 2. The molecule has 158 valence electrons. The van der Waals surface area contributed by atoms with Crippen molar-refractivity contribution in [3.05, 3.63) is 41.4 Å². The molecule has 2 saturated heterocycles. The second kappa shape index (κ2) is 8.87. The van der Waals surface area contributed by atoms with E-state index in [1.54, 1.807) is 17.0 Å².